The number of aryl methyl sites for hydroxylation is 1. The number of pyridine rings is 1. The Kier molecular flexibility index (Phi) is 9.90. The minimum atomic E-state index is -0.394. The molecule has 1 N–H and O–H groups in total. The van der Waals surface area contributed by atoms with E-state index >= 15 is 0 Å². The minimum absolute atomic E-state index is 0.00766. The topological polar surface area (TPSA) is 77.5 Å². The molecule has 0 atom stereocenters. The van der Waals surface area contributed by atoms with Crippen LogP contribution in [-0.2, 0) is 17.6 Å². The highest BCUT2D eigenvalue weighted by Gasteiger charge is 2.26. The van der Waals surface area contributed by atoms with E-state index in [0.717, 1.165) is 48.6 Å². The van der Waals surface area contributed by atoms with Crippen molar-refractivity contribution in [3.63, 3.8) is 0 Å². The third kappa shape index (κ3) is 6.84. The van der Waals surface area contributed by atoms with Crippen molar-refractivity contribution in [2.45, 2.75) is 84.2 Å². The molecule has 220 valence electrons. The van der Waals surface area contributed by atoms with E-state index in [2.05, 4.69) is 5.32 Å². The van der Waals surface area contributed by atoms with Gasteiger partial charge in [0.25, 0.3) is 5.91 Å². The number of carbonyl (C=O) groups excluding carboxylic acids is 2. The molecule has 6 nitrogen and oxygen atoms in total. The molecule has 0 fully saturated rings. The molecular formula is C35H40N2O4S. The number of benzene rings is 2. The van der Waals surface area contributed by atoms with Gasteiger partial charge in [0.2, 0.25) is 0 Å². The van der Waals surface area contributed by atoms with Crippen LogP contribution >= 0.6 is 11.3 Å². The molecule has 0 aliphatic heterocycles. The van der Waals surface area contributed by atoms with Gasteiger partial charge in [0.15, 0.2) is 0 Å². The van der Waals surface area contributed by atoms with Gasteiger partial charge in [-0.05, 0) is 69.4 Å². The molecule has 4 aromatic rings. The number of ether oxygens (including phenoxy) is 2. The largest absolute Gasteiger partial charge is 0.490 e. The fourth-order valence-electron chi connectivity index (χ4n) is 5.74. The molecule has 2 aromatic heterocycles. The lowest BCUT2D eigenvalue weighted by Crippen LogP contribution is -2.15. The van der Waals surface area contributed by atoms with Crippen molar-refractivity contribution in [1.82, 2.24) is 4.98 Å². The summed E-state index contributed by atoms with van der Waals surface area (Å²) in [5, 5.41) is 4.45. The fraction of sp³-hybridized carbons (Fsp3) is 0.400. The molecule has 0 spiro atoms. The molecule has 7 heteroatoms. The van der Waals surface area contributed by atoms with Gasteiger partial charge in [0, 0.05) is 15.8 Å². The monoisotopic (exact) mass is 584 g/mol. The zero-order valence-corrected chi connectivity index (χ0v) is 25.6. The highest BCUT2D eigenvalue weighted by atomic mass is 32.1. The SMILES string of the molecule is COC(=O)c1c(NC(=O)c2cc(-c3ccccc3OC(C)C)nc3ccccc23)sc2c1CCCCCCCCCC2. The first-order valence-corrected chi connectivity index (χ1v) is 16.0. The van der Waals surface area contributed by atoms with Crippen LogP contribution in [0.25, 0.3) is 22.2 Å². The van der Waals surface area contributed by atoms with Crippen LogP contribution in [-0.4, -0.2) is 30.1 Å². The van der Waals surface area contributed by atoms with Crippen molar-refractivity contribution in [2.24, 2.45) is 0 Å². The Labute approximate surface area is 252 Å². The van der Waals surface area contributed by atoms with E-state index in [1.54, 1.807) is 0 Å². The summed E-state index contributed by atoms with van der Waals surface area (Å²) in [5.74, 6) is 0.0422. The molecule has 0 bridgehead atoms. The van der Waals surface area contributed by atoms with Crippen LogP contribution in [0.1, 0.15) is 96.4 Å². The second-order valence-corrected chi connectivity index (χ2v) is 12.3. The number of nitrogens with zero attached hydrogens (tertiary/aromatic N) is 1. The predicted molar refractivity (Wildman–Crippen MR) is 171 cm³/mol. The standard InChI is InChI=1S/C35H40N2O4S/c1-23(2)41-30-20-15-13-17-25(30)29-22-27(24-16-12-14-19-28(24)36-29)33(38)37-34-32(35(39)40-3)26-18-10-8-6-4-5-7-9-11-21-31(26)42-34/h12-17,19-20,22-23H,4-11,18,21H2,1-3H3,(H,37,38). The Morgan fingerprint density at radius 3 is 2.29 bits per heavy atom. The summed E-state index contributed by atoms with van der Waals surface area (Å²) in [7, 11) is 1.41. The summed E-state index contributed by atoms with van der Waals surface area (Å²) in [6.45, 7) is 3.97. The number of anilines is 1. The van der Waals surface area contributed by atoms with Gasteiger partial charge in [-0.2, -0.15) is 0 Å². The maximum Gasteiger partial charge on any atom is 0.341 e. The zero-order valence-electron chi connectivity index (χ0n) is 24.8. The zero-order chi connectivity index (χ0) is 29.5. The van der Waals surface area contributed by atoms with Gasteiger partial charge in [-0.3, -0.25) is 4.79 Å². The van der Waals surface area contributed by atoms with E-state index in [9.17, 15) is 9.59 Å². The Hall–Kier alpha value is -3.71. The Bertz CT molecular complexity index is 1560. The number of para-hydroxylation sites is 2. The third-order valence-corrected chi connectivity index (χ3v) is 8.98. The van der Waals surface area contributed by atoms with Crippen LogP contribution in [0.3, 0.4) is 0 Å². The minimum Gasteiger partial charge on any atom is -0.490 e. The van der Waals surface area contributed by atoms with Crippen LogP contribution in [0.5, 0.6) is 5.75 Å². The number of esters is 1. The number of fused-ring (bicyclic) bond motifs is 2. The lowest BCUT2D eigenvalue weighted by atomic mass is 9.97. The van der Waals surface area contributed by atoms with E-state index in [1.807, 2.05) is 68.4 Å². The van der Waals surface area contributed by atoms with Crippen molar-refractivity contribution >= 4 is 39.1 Å². The quantitative estimate of drug-likeness (QED) is 0.229. The van der Waals surface area contributed by atoms with E-state index in [4.69, 9.17) is 14.5 Å². The lowest BCUT2D eigenvalue weighted by molar-refractivity contribution is 0.0601. The number of nitrogens with one attached hydrogen (secondary N) is 1. The average Bonchev–Trinajstić information content (AvgIpc) is 3.32. The normalized spacial score (nSPS) is 14.5. The Balaban J connectivity index is 1.55. The van der Waals surface area contributed by atoms with Gasteiger partial charge in [-0.25, -0.2) is 9.78 Å². The first-order valence-electron chi connectivity index (χ1n) is 15.2. The van der Waals surface area contributed by atoms with E-state index < -0.39 is 5.97 Å². The maximum atomic E-state index is 14.1. The van der Waals surface area contributed by atoms with Crippen LogP contribution in [0, 0.1) is 0 Å². The molecule has 1 aliphatic carbocycles. The number of methoxy groups -OCH3 is 1. The summed E-state index contributed by atoms with van der Waals surface area (Å²) in [5.41, 5.74) is 4.24. The molecule has 42 heavy (non-hydrogen) atoms. The smallest absolute Gasteiger partial charge is 0.341 e. The van der Waals surface area contributed by atoms with Crippen LogP contribution in [0.4, 0.5) is 5.00 Å². The molecule has 1 amide bonds. The van der Waals surface area contributed by atoms with Crippen molar-refractivity contribution in [1.29, 1.82) is 0 Å². The highest BCUT2D eigenvalue weighted by molar-refractivity contribution is 7.17. The molecular weight excluding hydrogens is 544 g/mol. The number of rotatable bonds is 6. The van der Waals surface area contributed by atoms with Crippen molar-refractivity contribution in [2.75, 3.05) is 12.4 Å². The molecule has 5 rings (SSSR count). The first kappa shape index (κ1) is 29.8. The van der Waals surface area contributed by atoms with Gasteiger partial charge in [0.1, 0.15) is 10.8 Å². The van der Waals surface area contributed by atoms with Crippen molar-refractivity contribution in [3.8, 4) is 17.0 Å². The summed E-state index contributed by atoms with van der Waals surface area (Å²) < 4.78 is 11.3. The second kappa shape index (κ2) is 14.0. The summed E-state index contributed by atoms with van der Waals surface area (Å²) >= 11 is 1.53. The average molecular weight is 585 g/mol. The predicted octanol–water partition coefficient (Wildman–Crippen LogP) is 9.01. The van der Waals surface area contributed by atoms with E-state index in [-0.39, 0.29) is 12.0 Å². The fourth-order valence-corrected chi connectivity index (χ4v) is 7.01. The number of thiophene rings is 1. The van der Waals surface area contributed by atoms with E-state index in [0.29, 0.717) is 33.1 Å². The number of carbonyl (C=O) groups is 2. The number of hydrogen-bond donors (Lipinski definition) is 1. The van der Waals surface area contributed by atoms with Gasteiger partial charge in [0.05, 0.1) is 35.6 Å². The van der Waals surface area contributed by atoms with Gasteiger partial charge < -0.3 is 14.8 Å². The molecule has 2 aromatic carbocycles. The molecule has 0 radical (unpaired) electrons. The number of hydrogen-bond acceptors (Lipinski definition) is 6. The number of amides is 1. The third-order valence-electron chi connectivity index (χ3n) is 7.77. The molecule has 0 unspecified atom stereocenters. The number of aromatic nitrogens is 1. The first-order chi connectivity index (χ1) is 20.5. The lowest BCUT2D eigenvalue weighted by Gasteiger charge is -2.15. The summed E-state index contributed by atoms with van der Waals surface area (Å²) in [6, 6.07) is 17.2. The Morgan fingerprint density at radius 2 is 1.55 bits per heavy atom. The van der Waals surface area contributed by atoms with Crippen molar-refractivity contribution < 1.29 is 19.1 Å². The molecule has 2 heterocycles. The maximum absolute atomic E-state index is 14.1. The second-order valence-electron chi connectivity index (χ2n) is 11.2. The highest BCUT2D eigenvalue weighted by Crippen LogP contribution is 2.38. The summed E-state index contributed by atoms with van der Waals surface area (Å²) in [6.07, 6.45) is 11.2. The van der Waals surface area contributed by atoms with Gasteiger partial charge in [-0.1, -0.05) is 68.9 Å². The molecule has 1 aliphatic rings. The van der Waals surface area contributed by atoms with Crippen molar-refractivity contribution in [3.05, 3.63) is 76.2 Å². The van der Waals surface area contributed by atoms with Gasteiger partial charge >= 0.3 is 5.97 Å². The van der Waals surface area contributed by atoms with E-state index in [1.165, 1.54) is 55.4 Å². The Morgan fingerprint density at radius 1 is 0.881 bits per heavy atom. The van der Waals surface area contributed by atoms with Crippen LogP contribution < -0.4 is 10.1 Å². The summed E-state index contributed by atoms with van der Waals surface area (Å²) in [4.78, 5) is 33.3. The van der Waals surface area contributed by atoms with Crippen LogP contribution in [0.15, 0.2) is 54.6 Å². The molecule has 0 saturated heterocycles. The molecule has 0 saturated carbocycles. The van der Waals surface area contributed by atoms with Crippen LogP contribution in [0.2, 0.25) is 0 Å². The van der Waals surface area contributed by atoms with Gasteiger partial charge in [-0.15, -0.1) is 11.3 Å².